The van der Waals surface area contributed by atoms with Gasteiger partial charge in [-0.05, 0) is 6.92 Å². The molecule has 0 radical (unpaired) electrons. The predicted octanol–water partition coefficient (Wildman–Crippen LogP) is 1.18. The largest absolute Gasteiger partial charge is 0.422 e. The molecule has 13 heavy (non-hydrogen) atoms. The first-order valence-electron chi connectivity index (χ1n) is 3.67. The maximum atomic E-state index is 10.9. The monoisotopic (exact) mass is 184 g/mol. The Morgan fingerprint density at radius 1 is 1.38 bits per heavy atom. The zero-order chi connectivity index (χ0) is 10.4. The summed E-state index contributed by atoms with van der Waals surface area (Å²) >= 11 is 0. The third-order valence-corrected chi connectivity index (χ3v) is 1.07. The van der Waals surface area contributed by atoms with Crippen LogP contribution >= 0.6 is 0 Å². The van der Waals surface area contributed by atoms with Crippen LogP contribution < -0.4 is 0 Å². The smallest absolute Gasteiger partial charge is 0.336 e. The van der Waals surface area contributed by atoms with Gasteiger partial charge in [0.05, 0.1) is 0 Å². The van der Waals surface area contributed by atoms with Gasteiger partial charge in [-0.25, -0.2) is 9.59 Å². The molecule has 4 nitrogen and oxygen atoms in total. The van der Waals surface area contributed by atoms with Gasteiger partial charge in [0.1, 0.15) is 0 Å². The van der Waals surface area contributed by atoms with Crippen molar-refractivity contribution in [3.63, 3.8) is 0 Å². The molecule has 0 spiro atoms. The molecule has 0 saturated carbocycles. The molecular weight excluding hydrogens is 172 g/mol. The second-order valence-corrected chi connectivity index (χ2v) is 2.39. The van der Waals surface area contributed by atoms with Crippen molar-refractivity contribution in [2.24, 2.45) is 0 Å². The van der Waals surface area contributed by atoms with E-state index >= 15 is 0 Å². The highest BCUT2D eigenvalue weighted by molar-refractivity contribution is 5.87. The van der Waals surface area contributed by atoms with Gasteiger partial charge >= 0.3 is 11.9 Å². The summed E-state index contributed by atoms with van der Waals surface area (Å²) in [5.74, 6) is -1.23. The predicted molar refractivity (Wildman–Crippen MR) is 46.7 cm³/mol. The minimum atomic E-state index is -0.922. The number of carbonyl (C=O) groups excluding carboxylic acids is 2. The Balaban J connectivity index is 3.94. The van der Waals surface area contributed by atoms with E-state index in [0.717, 1.165) is 6.08 Å². The summed E-state index contributed by atoms with van der Waals surface area (Å²) in [6.45, 7) is 9.50. The molecule has 0 amide bonds. The Bertz CT molecular complexity index is 242. The van der Waals surface area contributed by atoms with Crippen molar-refractivity contribution in [3.05, 3.63) is 24.8 Å². The van der Waals surface area contributed by atoms with Crippen molar-refractivity contribution >= 4 is 11.9 Å². The summed E-state index contributed by atoms with van der Waals surface area (Å²) in [6, 6.07) is 0. The van der Waals surface area contributed by atoms with Crippen LogP contribution in [0, 0.1) is 0 Å². The Morgan fingerprint density at radius 3 is 2.31 bits per heavy atom. The first-order chi connectivity index (χ1) is 5.97. The molecule has 0 fully saturated rings. The van der Waals surface area contributed by atoms with Crippen LogP contribution in [0.1, 0.15) is 13.8 Å². The van der Waals surface area contributed by atoms with Crippen LogP contribution in [0.15, 0.2) is 24.8 Å². The van der Waals surface area contributed by atoms with E-state index in [9.17, 15) is 9.59 Å². The van der Waals surface area contributed by atoms with E-state index in [2.05, 4.69) is 22.6 Å². The number of rotatable bonds is 4. The van der Waals surface area contributed by atoms with E-state index in [1.165, 1.54) is 13.8 Å². The lowest BCUT2D eigenvalue weighted by atomic mass is 10.4. The molecule has 0 rings (SSSR count). The van der Waals surface area contributed by atoms with Gasteiger partial charge < -0.3 is 9.47 Å². The van der Waals surface area contributed by atoms with Crippen LogP contribution in [-0.4, -0.2) is 18.2 Å². The summed E-state index contributed by atoms with van der Waals surface area (Å²) in [6.07, 6.45) is 0.0696. The van der Waals surface area contributed by atoms with Gasteiger partial charge in [0.15, 0.2) is 0 Å². The van der Waals surface area contributed by atoms with Crippen LogP contribution in [0.2, 0.25) is 0 Å². The number of hydrogen-bond donors (Lipinski definition) is 0. The molecule has 0 heterocycles. The Morgan fingerprint density at radius 2 is 1.92 bits per heavy atom. The SMILES string of the molecule is C=CC(=O)OC(C)OC(=O)C(=C)C. The zero-order valence-electron chi connectivity index (χ0n) is 7.70. The van der Waals surface area contributed by atoms with Crippen molar-refractivity contribution in [2.75, 3.05) is 0 Å². The third kappa shape index (κ3) is 4.79. The maximum Gasteiger partial charge on any atom is 0.336 e. The molecule has 1 atom stereocenters. The third-order valence-electron chi connectivity index (χ3n) is 1.07. The summed E-state index contributed by atoms with van der Waals surface area (Å²) in [7, 11) is 0. The maximum absolute atomic E-state index is 10.9. The summed E-state index contributed by atoms with van der Waals surface area (Å²) < 4.78 is 9.23. The first kappa shape index (κ1) is 11.4. The van der Waals surface area contributed by atoms with Crippen LogP contribution in [-0.2, 0) is 19.1 Å². The molecule has 72 valence electrons. The number of carbonyl (C=O) groups is 2. The van der Waals surface area contributed by atoms with Crippen LogP contribution in [0.4, 0.5) is 0 Å². The summed E-state index contributed by atoms with van der Waals surface area (Å²) in [4.78, 5) is 21.5. The fourth-order valence-corrected chi connectivity index (χ4v) is 0.487. The lowest BCUT2D eigenvalue weighted by molar-refractivity contribution is -0.177. The quantitative estimate of drug-likeness (QED) is 0.374. The normalized spacial score (nSPS) is 11.2. The average Bonchev–Trinajstić information content (AvgIpc) is 2.03. The number of hydrogen-bond acceptors (Lipinski definition) is 4. The van der Waals surface area contributed by atoms with E-state index in [1.54, 1.807) is 0 Å². The molecule has 4 heteroatoms. The second kappa shape index (κ2) is 5.13. The van der Waals surface area contributed by atoms with Gasteiger partial charge in [0.2, 0.25) is 6.29 Å². The molecule has 0 aromatic carbocycles. The number of ether oxygens (including phenoxy) is 2. The van der Waals surface area contributed by atoms with Gasteiger partial charge in [-0.1, -0.05) is 13.2 Å². The van der Waals surface area contributed by atoms with Crippen molar-refractivity contribution in [1.29, 1.82) is 0 Å². The van der Waals surface area contributed by atoms with E-state index in [-0.39, 0.29) is 5.57 Å². The van der Waals surface area contributed by atoms with Gasteiger partial charge in [0.25, 0.3) is 0 Å². The van der Waals surface area contributed by atoms with Crippen molar-refractivity contribution in [3.8, 4) is 0 Å². The second-order valence-electron chi connectivity index (χ2n) is 2.39. The molecular formula is C9H12O4. The highest BCUT2D eigenvalue weighted by Gasteiger charge is 2.12. The van der Waals surface area contributed by atoms with E-state index in [1.807, 2.05) is 0 Å². The van der Waals surface area contributed by atoms with Gasteiger partial charge in [-0.2, -0.15) is 0 Å². The molecule has 0 aliphatic heterocycles. The molecule has 0 aliphatic carbocycles. The summed E-state index contributed by atoms with van der Waals surface area (Å²) in [5.41, 5.74) is 0.251. The topological polar surface area (TPSA) is 52.6 Å². The van der Waals surface area contributed by atoms with Crippen molar-refractivity contribution in [1.82, 2.24) is 0 Å². The average molecular weight is 184 g/mol. The molecule has 0 aromatic heterocycles. The van der Waals surface area contributed by atoms with E-state index in [4.69, 9.17) is 0 Å². The lowest BCUT2D eigenvalue weighted by Crippen LogP contribution is -2.20. The molecule has 0 N–H and O–H groups in total. The fourth-order valence-electron chi connectivity index (χ4n) is 0.487. The summed E-state index contributed by atoms with van der Waals surface area (Å²) in [5, 5.41) is 0. The first-order valence-corrected chi connectivity index (χ1v) is 3.67. The lowest BCUT2D eigenvalue weighted by Gasteiger charge is -2.12. The van der Waals surface area contributed by atoms with E-state index < -0.39 is 18.2 Å². The van der Waals surface area contributed by atoms with Crippen molar-refractivity contribution in [2.45, 2.75) is 20.1 Å². The van der Waals surface area contributed by atoms with Crippen LogP contribution in [0.3, 0.4) is 0 Å². The molecule has 0 aromatic rings. The molecule has 0 saturated heterocycles. The minimum absolute atomic E-state index is 0.251. The Kier molecular flexibility index (Phi) is 4.51. The molecule has 0 aliphatic rings. The van der Waals surface area contributed by atoms with E-state index in [0.29, 0.717) is 0 Å². The highest BCUT2D eigenvalue weighted by atomic mass is 16.7. The standard InChI is InChI=1S/C9H12O4/c1-5-8(10)12-7(4)13-9(11)6(2)3/h5,7H,1-2H2,3-4H3. The minimum Gasteiger partial charge on any atom is -0.422 e. The Labute approximate surface area is 76.8 Å². The van der Waals surface area contributed by atoms with Crippen LogP contribution in [0.25, 0.3) is 0 Å². The van der Waals surface area contributed by atoms with Gasteiger partial charge in [-0.15, -0.1) is 0 Å². The molecule has 1 unspecified atom stereocenters. The fraction of sp³-hybridized carbons (Fsp3) is 0.333. The zero-order valence-corrected chi connectivity index (χ0v) is 7.70. The Hall–Kier alpha value is -1.58. The highest BCUT2D eigenvalue weighted by Crippen LogP contribution is 2.00. The van der Waals surface area contributed by atoms with Gasteiger partial charge in [0, 0.05) is 18.6 Å². The van der Waals surface area contributed by atoms with Gasteiger partial charge in [-0.3, -0.25) is 0 Å². The molecule has 0 bridgehead atoms. The van der Waals surface area contributed by atoms with Crippen LogP contribution in [0.5, 0.6) is 0 Å². The van der Waals surface area contributed by atoms with Crippen molar-refractivity contribution < 1.29 is 19.1 Å². The number of esters is 2.